The number of hydrogen-bond acceptors (Lipinski definition) is 1. The number of thiocarbonyl (C=S) groups is 1. The van der Waals surface area contributed by atoms with Gasteiger partial charge in [-0.3, -0.25) is 0 Å². The van der Waals surface area contributed by atoms with Crippen LogP contribution in [0.1, 0.15) is 43.5 Å². The third-order valence-electron chi connectivity index (χ3n) is 3.86. The van der Waals surface area contributed by atoms with E-state index in [1.165, 1.54) is 16.7 Å². The topological polar surface area (TPSA) is 24.1 Å². The van der Waals surface area contributed by atoms with Gasteiger partial charge in [0.25, 0.3) is 0 Å². The lowest BCUT2D eigenvalue weighted by Gasteiger charge is -2.18. The molecule has 0 radical (unpaired) electrons. The van der Waals surface area contributed by atoms with Gasteiger partial charge in [-0.25, -0.2) is 0 Å². The van der Waals surface area contributed by atoms with Crippen LogP contribution in [0.25, 0.3) is 0 Å². The van der Waals surface area contributed by atoms with Crippen molar-refractivity contribution in [3.8, 4) is 0 Å². The Morgan fingerprint density at radius 1 is 1.00 bits per heavy atom. The first kappa shape index (κ1) is 17.5. The van der Waals surface area contributed by atoms with Crippen molar-refractivity contribution < 1.29 is 0 Å². The number of hydrogen-bond donors (Lipinski definition) is 2. The molecule has 23 heavy (non-hydrogen) atoms. The summed E-state index contributed by atoms with van der Waals surface area (Å²) >= 11 is 5.43. The molecule has 1 atom stereocenters. The second kappa shape index (κ2) is 8.11. The zero-order valence-electron chi connectivity index (χ0n) is 14.4. The molecule has 0 aliphatic heterocycles. The van der Waals surface area contributed by atoms with E-state index in [2.05, 4.69) is 68.7 Å². The second-order valence-electron chi connectivity index (χ2n) is 6.47. The van der Waals surface area contributed by atoms with Crippen LogP contribution in [0.5, 0.6) is 0 Å². The van der Waals surface area contributed by atoms with Crippen LogP contribution in [-0.4, -0.2) is 5.11 Å². The van der Waals surface area contributed by atoms with E-state index in [4.69, 9.17) is 12.2 Å². The highest BCUT2D eigenvalue weighted by Crippen LogP contribution is 2.17. The highest BCUT2D eigenvalue weighted by Gasteiger charge is 2.08. The third kappa shape index (κ3) is 5.36. The van der Waals surface area contributed by atoms with E-state index in [0.29, 0.717) is 11.0 Å². The maximum atomic E-state index is 5.43. The zero-order valence-corrected chi connectivity index (χ0v) is 15.2. The minimum atomic E-state index is 0.173. The molecule has 0 saturated heterocycles. The summed E-state index contributed by atoms with van der Waals surface area (Å²) in [5, 5.41) is 7.27. The summed E-state index contributed by atoms with van der Waals surface area (Å²) in [5.74, 6) is 0.683. The Morgan fingerprint density at radius 3 is 2.26 bits per heavy atom. The molecule has 2 nitrogen and oxygen atoms in total. The average Bonchev–Trinajstić information content (AvgIpc) is 2.49. The van der Waals surface area contributed by atoms with Gasteiger partial charge in [-0.1, -0.05) is 56.3 Å². The molecule has 2 aromatic carbocycles. The number of aryl methyl sites for hydroxylation is 1. The summed E-state index contributed by atoms with van der Waals surface area (Å²) in [4.78, 5) is 0. The van der Waals surface area contributed by atoms with Crippen LogP contribution in [0.3, 0.4) is 0 Å². The first-order valence-electron chi connectivity index (χ1n) is 8.17. The normalized spacial score (nSPS) is 12.0. The van der Waals surface area contributed by atoms with Gasteiger partial charge in [-0.05, 0) is 61.2 Å². The lowest BCUT2D eigenvalue weighted by Crippen LogP contribution is -2.31. The zero-order chi connectivity index (χ0) is 16.8. The monoisotopic (exact) mass is 326 g/mol. The van der Waals surface area contributed by atoms with Crippen molar-refractivity contribution in [1.29, 1.82) is 0 Å². The molecule has 0 aliphatic rings. The van der Waals surface area contributed by atoms with Crippen LogP contribution < -0.4 is 10.6 Å². The summed E-state index contributed by atoms with van der Waals surface area (Å²) in [5.41, 5.74) is 4.86. The largest absolute Gasteiger partial charge is 0.356 e. The molecule has 0 fully saturated rings. The van der Waals surface area contributed by atoms with Gasteiger partial charge in [0.05, 0.1) is 6.04 Å². The van der Waals surface area contributed by atoms with Crippen molar-refractivity contribution in [3.05, 3.63) is 65.2 Å². The van der Waals surface area contributed by atoms with Gasteiger partial charge in [0.15, 0.2) is 5.11 Å². The smallest absolute Gasteiger partial charge is 0.171 e. The maximum absolute atomic E-state index is 5.43. The Balaban J connectivity index is 1.94. The first-order valence-corrected chi connectivity index (χ1v) is 8.58. The van der Waals surface area contributed by atoms with Crippen LogP contribution in [0.2, 0.25) is 0 Å². The minimum absolute atomic E-state index is 0.173. The SMILES string of the molecule is Cc1ccccc1NC(=S)N[C@@H](C)c1ccc(CC(C)C)cc1. The highest BCUT2D eigenvalue weighted by molar-refractivity contribution is 7.80. The molecule has 2 N–H and O–H groups in total. The van der Waals surface area contributed by atoms with Gasteiger partial charge in [0.1, 0.15) is 0 Å². The van der Waals surface area contributed by atoms with Crippen molar-refractivity contribution in [1.82, 2.24) is 5.32 Å². The van der Waals surface area contributed by atoms with Crippen LogP contribution >= 0.6 is 12.2 Å². The lowest BCUT2D eigenvalue weighted by molar-refractivity contribution is 0.646. The summed E-state index contributed by atoms with van der Waals surface area (Å²) in [6.07, 6.45) is 1.12. The Kier molecular flexibility index (Phi) is 6.17. The van der Waals surface area contributed by atoms with Crippen LogP contribution in [-0.2, 0) is 6.42 Å². The molecule has 2 aromatic rings. The summed E-state index contributed by atoms with van der Waals surface area (Å²) in [7, 11) is 0. The van der Waals surface area contributed by atoms with Crippen molar-refractivity contribution in [2.45, 2.75) is 40.2 Å². The molecular weight excluding hydrogens is 300 g/mol. The molecule has 0 bridgehead atoms. The third-order valence-corrected chi connectivity index (χ3v) is 4.08. The number of rotatable bonds is 5. The molecule has 0 spiro atoms. The van der Waals surface area contributed by atoms with Crippen LogP contribution in [0, 0.1) is 12.8 Å². The molecular formula is C20H26N2S. The van der Waals surface area contributed by atoms with Gasteiger partial charge in [-0.2, -0.15) is 0 Å². The van der Waals surface area contributed by atoms with Crippen molar-refractivity contribution in [2.75, 3.05) is 5.32 Å². The predicted molar refractivity (Wildman–Crippen MR) is 104 cm³/mol. The Bertz CT molecular complexity index is 647. The Labute approximate surface area is 145 Å². The average molecular weight is 327 g/mol. The van der Waals surface area contributed by atoms with Crippen molar-refractivity contribution >= 4 is 23.0 Å². The maximum Gasteiger partial charge on any atom is 0.171 e. The van der Waals surface area contributed by atoms with Crippen LogP contribution in [0.4, 0.5) is 5.69 Å². The van der Waals surface area contributed by atoms with Gasteiger partial charge < -0.3 is 10.6 Å². The molecule has 122 valence electrons. The summed E-state index contributed by atoms with van der Waals surface area (Å²) in [6.45, 7) is 8.69. The number of para-hydroxylation sites is 1. The highest BCUT2D eigenvalue weighted by atomic mass is 32.1. The van der Waals surface area contributed by atoms with E-state index in [1.54, 1.807) is 0 Å². The molecule has 3 heteroatoms. The number of benzene rings is 2. The van der Waals surface area contributed by atoms with E-state index in [1.807, 2.05) is 18.2 Å². The van der Waals surface area contributed by atoms with Gasteiger partial charge in [0.2, 0.25) is 0 Å². The molecule has 0 saturated carbocycles. The predicted octanol–water partition coefficient (Wildman–Crippen LogP) is 5.24. The number of nitrogens with one attached hydrogen (secondary N) is 2. The molecule has 2 rings (SSSR count). The van der Waals surface area contributed by atoms with Gasteiger partial charge in [0, 0.05) is 5.69 Å². The fraction of sp³-hybridized carbons (Fsp3) is 0.350. The summed E-state index contributed by atoms with van der Waals surface area (Å²) < 4.78 is 0. The van der Waals surface area contributed by atoms with E-state index in [9.17, 15) is 0 Å². The molecule has 0 amide bonds. The lowest BCUT2D eigenvalue weighted by atomic mass is 10.00. The quantitative estimate of drug-likeness (QED) is 0.735. The standard InChI is InChI=1S/C20H26N2S/c1-14(2)13-17-9-11-18(12-10-17)16(4)21-20(23)22-19-8-6-5-7-15(19)3/h5-12,14,16H,13H2,1-4H3,(H2,21,22,23)/t16-/m0/s1. The molecule has 0 heterocycles. The molecule has 0 unspecified atom stereocenters. The summed E-state index contributed by atoms with van der Waals surface area (Å²) in [6, 6.07) is 17.1. The molecule has 0 aromatic heterocycles. The minimum Gasteiger partial charge on any atom is -0.356 e. The Morgan fingerprint density at radius 2 is 1.65 bits per heavy atom. The van der Waals surface area contributed by atoms with Gasteiger partial charge >= 0.3 is 0 Å². The van der Waals surface area contributed by atoms with E-state index >= 15 is 0 Å². The van der Waals surface area contributed by atoms with E-state index in [-0.39, 0.29) is 6.04 Å². The Hall–Kier alpha value is -1.87. The van der Waals surface area contributed by atoms with Crippen molar-refractivity contribution in [3.63, 3.8) is 0 Å². The van der Waals surface area contributed by atoms with E-state index < -0.39 is 0 Å². The fourth-order valence-electron chi connectivity index (χ4n) is 2.57. The first-order chi connectivity index (χ1) is 11.0. The van der Waals surface area contributed by atoms with Crippen molar-refractivity contribution in [2.24, 2.45) is 5.92 Å². The van der Waals surface area contributed by atoms with Crippen LogP contribution in [0.15, 0.2) is 48.5 Å². The van der Waals surface area contributed by atoms with Gasteiger partial charge in [-0.15, -0.1) is 0 Å². The van der Waals surface area contributed by atoms with E-state index in [0.717, 1.165) is 12.1 Å². The molecule has 0 aliphatic carbocycles. The second-order valence-corrected chi connectivity index (χ2v) is 6.88. The number of anilines is 1. The fourth-order valence-corrected chi connectivity index (χ4v) is 2.85.